The van der Waals surface area contributed by atoms with Gasteiger partial charge in [-0.25, -0.2) is 4.79 Å². The largest absolute Gasteiger partial charge is 0.481 e. The Labute approximate surface area is 223 Å². The smallest absolute Gasteiger partial charge is 0.326 e. The van der Waals surface area contributed by atoms with Crippen LogP contribution in [0.5, 0.6) is 0 Å². The minimum absolute atomic E-state index is 0.0746. The molecule has 0 fully saturated rings. The van der Waals surface area contributed by atoms with Crippen LogP contribution in [0.15, 0.2) is 4.99 Å². The molecule has 0 bridgehead atoms. The van der Waals surface area contributed by atoms with Crippen molar-refractivity contribution in [2.75, 3.05) is 6.54 Å². The highest BCUT2D eigenvalue weighted by Gasteiger charge is 2.30. The second-order valence-electron chi connectivity index (χ2n) is 8.52. The number of hydrogen-bond acceptors (Lipinski definition) is 9. The first-order valence-electron chi connectivity index (χ1n) is 11.9. The number of nitrogens with zero attached hydrogens (tertiary/aromatic N) is 1. The van der Waals surface area contributed by atoms with Crippen molar-refractivity contribution in [3.05, 3.63) is 0 Å². The minimum atomic E-state index is -1.48. The van der Waals surface area contributed by atoms with E-state index < -0.39 is 78.5 Å². The Kier molecular flexibility index (Phi) is 15.8. The molecule has 15 N–H and O–H groups in total. The molecule has 0 heterocycles. The van der Waals surface area contributed by atoms with Gasteiger partial charge in [0.2, 0.25) is 29.5 Å². The van der Waals surface area contributed by atoms with Gasteiger partial charge in [-0.15, -0.1) is 0 Å². The molecule has 0 aromatic rings. The summed E-state index contributed by atoms with van der Waals surface area (Å²) >= 11 is 0. The lowest BCUT2D eigenvalue weighted by atomic mass is 10.0. The Bertz CT molecular complexity index is 938. The molecule has 0 aliphatic carbocycles. The first-order valence-corrected chi connectivity index (χ1v) is 11.9. The number of amides is 5. The molecule has 39 heavy (non-hydrogen) atoms. The molecule has 18 heteroatoms. The van der Waals surface area contributed by atoms with Crippen molar-refractivity contribution in [3.8, 4) is 0 Å². The zero-order valence-corrected chi connectivity index (χ0v) is 21.3. The molecule has 4 atom stereocenters. The predicted octanol–water partition coefficient (Wildman–Crippen LogP) is -4.70. The van der Waals surface area contributed by atoms with E-state index in [0.29, 0.717) is 0 Å². The fourth-order valence-electron chi connectivity index (χ4n) is 3.11. The maximum absolute atomic E-state index is 12.9. The van der Waals surface area contributed by atoms with Crippen LogP contribution in [0, 0.1) is 0 Å². The van der Waals surface area contributed by atoms with Crippen LogP contribution < -0.4 is 44.6 Å². The quantitative estimate of drug-likeness (QED) is 0.0382. The van der Waals surface area contributed by atoms with Gasteiger partial charge in [-0.2, -0.15) is 0 Å². The van der Waals surface area contributed by atoms with Crippen LogP contribution in [0.2, 0.25) is 0 Å². The van der Waals surface area contributed by atoms with Gasteiger partial charge in [0.15, 0.2) is 5.96 Å². The normalized spacial score (nSPS) is 13.6. The van der Waals surface area contributed by atoms with E-state index in [0.717, 1.165) is 0 Å². The van der Waals surface area contributed by atoms with Crippen molar-refractivity contribution in [2.24, 2.45) is 33.7 Å². The molecular weight excluding hydrogens is 522 g/mol. The number of primary amides is 2. The average molecular weight is 560 g/mol. The summed E-state index contributed by atoms with van der Waals surface area (Å²) in [5.41, 5.74) is 26.3. The van der Waals surface area contributed by atoms with Crippen molar-refractivity contribution < 1.29 is 43.8 Å². The molecule has 0 rings (SSSR count). The first kappa shape index (κ1) is 34.5. The highest BCUT2D eigenvalue weighted by atomic mass is 16.4. The summed E-state index contributed by atoms with van der Waals surface area (Å²) in [6, 6.07) is -5.60. The van der Waals surface area contributed by atoms with Gasteiger partial charge in [0, 0.05) is 25.8 Å². The molecule has 0 saturated carbocycles. The maximum atomic E-state index is 12.9. The summed E-state index contributed by atoms with van der Waals surface area (Å²) < 4.78 is 0. The van der Waals surface area contributed by atoms with E-state index in [4.69, 9.17) is 33.8 Å². The number of aliphatic imine (C=N–C) groups is 1. The molecule has 18 nitrogen and oxygen atoms in total. The molecular formula is C21H37N9O9. The average Bonchev–Trinajstić information content (AvgIpc) is 2.83. The molecule has 4 unspecified atom stereocenters. The van der Waals surface area contributed by atoms with Crippen molar-refractivity contribution in [1.29, 1.82) is 0 Å². The summed E-state index contributed by atoms with van der Waals surface area (Å²) in [5.74, 6) is -7.25. The second kappa shape index (κ2) is 17.9. The number of carbonyl (C=O) groups is 7. The summed E-state index contributed by atoms with van der Waals surface area (Å²) in [4.78, 5) is 86.8. The van der Waals surface area contributed by atoms with E-state index in [9.17, 15) is 38.7 Å². The van der Waals surface area contributed by atoms with Crippen molar-refractivity contribution in [1.82, 2.24) is 16.0 Å². The summed E-state index contributed by atoms with van der Waals surface area (Å²) in [5, 5.41) is 25.3. The first-order chi connectivity index (χ1) is 18.1. The summed E-state index contributed by atoms with van der Waals surface area (Å²) in [6.07, 6.45) is -1.89. The zero-order valence-electron chi connectivity index (χ0n) is 21.3. The fourth-order valence-corrected chi connectivity index (χ4v) is 3.11. The van der Waals surface area contributed by atoms with Gasteiger partial charge in [0.1, 0.15) is 18.1 Å². The lowest BCUT2D eigenvalue weighted by Crippen LogP contribution is -2.57. The third-order valence-corrected chi connectivity index (χ3v) is 5.19. The zero-order chi connectivity index (χ0) is 30.1. The highest BCUT2D eigenvalue weighted by Crippen LogP contribution is 2.06. The van der Waals surface area contributed by atoms with Crippen LogP contribution in [0.3, 0.4) is 0 Å². The molecule has 0 saturated heterocycles. The van der Waals surface area contributed by atoms with Crippen molar-refractivity contribution in [3.63, 3.8) is 0 Å². The minimum Gasteiger partial charge on any atom is -0.481 e. The Morgan fingerprint density at radius 2 is 1.10 bits per heavy atom. The number of rotatable bonds is 20. The van der Waals surface area contributed by atoms with Crippen molar-refractivity contribution in [2.45, 2.75) is 75.5 Å². The Balaban J connectivity index is 5.62. The number of nitrogens with two attached hydrogens (primary N) is 5. The van der Waals surface area contributed by atoms with E-state index in [-0.39, 0.29) is 51.0 Å². The third-order valence-electron chi connectivity index (χ3n) is 5.19. The van der Waals surface area contributed by atoms with Gasteiger partial charge in [-0.3, -0.25) is 33.8 Å². The molecule has 0 aromatic heterocycles. The van der Waals surface area contributed by atoms with Crippen LogP contribution in [-0.4, -0.2) is 88.4 Å². The van der Waals surface area contributed by atoms with Crippen LogP contribution in [-0.2, 0) is 33.6 Å². The van der Waals surface area contributed by atoms with Crippen LogP contribution in [0.1, 0.15) is 51.4 Å². The number of aliphatic carboxylic acids is 2. The standard InChI is InChI=1S/C21H37N9O9/c22-10(3-6-14(23)31)17(35)28-12(5-8-16(33)34)18(36)29-11(4-7-15(24)32)19(37)30-13(20(38)39)2-1-9-27-21(25)26/h10-13H,1-9,22H2,(H2,23,31)(H2,24,32)(H,28,35)(H,29,36)(H,30,37)(H,33,34)(H,38,39)(H4,25,26,27). The molecule has 0 aliphatic rings. The van der Waals surface area contributed by atoms with E-state index >= 15 is 0 Å². The third kappa shape index (κ3) is 16.1. The number of hydrogen-bond donors (Lipinski definition) is 10. The molecule has 0 spiro atoms. The van der Waals surface area contributed by atoms with Gasteiger partial charge in [0.25, 0.3) is 0 Å². The topological polar surface area (TPSA) is 338 Å². The van der Waals surface area contributed by atoms with Crippen molar-refractivity contribution >= 4 is 47.4 Å². The van der Waals surface area contributed by atoms with E-state index in [1.54, 1.807) is 0 Å². The predicted molar refractivity (Wildman–Crippen MR) is 135 cm³/mol. The Hall–Kier alpha value is -4.48. The second-order valence-corrected chi connectivity index (χ2v) is 8.52. The number of carboxylic acids is 2. The van der Waals surface area contributed by atoms with Crippen LogP contribution in [0.25, 0.3) is 0 Å². The van der Waals surface area contributed by atoms with E-state index in [2.05, 4.69) is 20.9 Å². The number of carboxylic acid groups (broad SMARTS) is 2. The fraction of sp³-hybridized carbons (Fsp3) is 0.619. The lowest BCUT2D eigenvalue weighted by Gasteiger charge is -2.25. The van der Waals surface area contributed by atoms with Gasteiger partial charge in [-0.1, -0.05) is 0 Å². The Morgan fingerprint density at radius 3 is 1.56 bits per heavy atom. The maximum Gasteiger partial charge on any atom is 0.326 e. The lowest BCUT2D eigenvalue weighted by molar-refractivity contribution is -0.142. The van der Waals surface area contributed by atoms with Gasteiger partial charge in [-0.05, 0) is 32.1 Å². The van der Waals surface area contributed by atoms with Gasteiger partial charge in [0.05, 0.1) is 6.04 Å². The summed E-state index contributed by atoms with van der Waals surface area (Å²) in [6.45, 7) is 0.0936. The number of nitrogens with one attached hydrogen (secondary N) is 3. The van der Waals surface area contributed by atoms with Crippen LogP contribution >= 0.6 is 0 Å². The monoisotopic (exact) mass is 559 g/mol. The highest BCUT2D eigenvalue weighted by molar-refractivity contribution is 5.94. The molecule has 220 valence electrons. The SMILES string of the molecule is NC(=O)CCC(N)C(=O)NC(CCC(=O)O)C(=O)NC(CCC(N)=O)C(=O)NC(CCCN=C(N)N)C(=O)O. The summed E-state index contributed by atoms with van der Waals surface area (Å²) in [7, 11) is 0. The van der Waals surface area contributed by atoms with Crippen LogP contribution in [0.4, 0.5) is 0 Å². The molecule has 5 amide bonds. The molecule has 0 aliphatic heterocycles. The Morgan fingerprint density at radius 1 is 0.641 bits per heavy atom. The van der Waals surface area contributed by atoms with E-state index in [1.807, 2.05) is 0 Å². The van der Waals surface area contributed by atoms with Gasteiger partial charge < -0.3 is 54.8 Å². The number of guanidine groups is 1. The number of carbonyl (C=O) groups excluding carboxylic acids is 5. The van der Waals surface area contributed by atoms with Gasteiger partial charge >= 0.3 is 11.9 Å². The molecule has 0 radical (unpaired) electrons. The molecule has 0 aromatic carbocycles. The van der Waals surface area contributed by atoms with E-state index in [1.165, 1.54) is 0 Å².